The second kappa shape index (κ2) is 35.0. The van der Waals surface area contributed by atoms with Crippen LogP contribution in [0.4, 0.5) is 64.4 Å². The van der Waals surface area contributed by atoms with Crippen molar-refractivity contribution in [2.75, 3.05) is 51.6 Å². The normalized spacial score (nSPS) is 10.5. The zero-order chi connectivity index (χ0) is 66.4. The molecule has 1 aliphatic rings. The Labute approximate surface area is 537 Å². The molecule has 0 aliphatic heterocycles. The van der Waals surface area contributed by atoms with Gasteiger partial charge in [0.15, 0.2) is 0 Å². The number of rotatable bonds is 1. The molecule has 0 spiro atoms. The number of anilines is 9. The zero-order valence-electron chi connectivity index (χ0n) is 51.6. The van der Waals surface area contributed by atoms with Crippen molar-refractivity contribution in [1.29, 1.82) is 5.26 Å². The van der Waals surface area contributed by atoms with E-state index in [-0.39, 0.29) is 16.9 Å². The number of halogens is 3. The summed E-state index contributed by atoms with van der Waals surface area (Å²) in [4.78, 5) is 0. The third-order valence-electron chi connectivity index (χ3n) is 14.0. The highest BCUT2D eigenvalue weighted by molar-refractivity contribution is 5.92. The molecule has 0 fully saturated rings. The summed E-state index contributed by atoms with van der Waals surface area (Å²) in [5, 5.41) is 13.1. The molecule has 0 saturated carbocycles. The summed E-state index contributed by atoms with van der Waals surface area (Å²) in [5.74, 6) is -1.57. The monoisotopic (exact) mass is 1220 g/mol. The third kappa shape index (κ3) is 22.2. The molecule has 0 aromatic heterocycles. The van der Waals surface area contributed by atoms with Gasteiger partial charge >= 0.3 is 0 Å². The maximum atomic E-state index is 12.2. The summed E-state index contributed by atoms with van der Waals surface area (Å²) >= 11 is 0. The van der Waals surface area contributed by atoms with Gasteiger partial charge in [-0.1, -0.05) is 189 Å². The van der Waals surface area contributed by atoms with Crippen molar-refractivity contribution >= 4 is 72.7 Å². The number of para-hydroxylation sites is 1. The van der Waals surface area contributed by atoms with Crippen LogP contribution in [0.5, 0.6) is 0 Å². The lowest BCUT2D eigenvalue weighted by Gasteiger charge is -2.21. The van der Waals surface area contributed by atoms with Crippen LogP contribution in [-0.2, 0) is 5.41 Å². The molecule has 0 amide bonds. The van der Waals surface area contributed by atoms with Gasteiger partial charge in [-0.2, -0.15) is 5.26 Å². The number of nitrogens with zero attached hydrogens (tertiary/aromatic N) is 1. The molecule has 14 rings (SSSR count). The highest BCUT2D eigenvalue weighted by Crippen LogP contribution is 2.48. The SMILES string of the molecule is CC1(C)c2ccccc2-c2ccc(N)cc21.Cc1ccc(N)cc1.N#Cc1ccc(N)cc1.Nc1ccc(-c2ccccc2)cc1.Nc1ccc(F)cc1.Nc1ccc(F)cc1F.Nc1ccc2ccccc2c1.Nc1cccc2ccccc12.Nc1ccccc1. The lowest BCUT2D eigenvalue weighted by molar-refractivity contribution is 0.586. The van der Waals surface area contributed by atoms with Crippen molar-refractivity contribution in [2.45, 2.75) is 26.2 Å². The van der Waals surface area contributed by atoms with Gasteiger partial charge in [0.2, 0.25) is 0 Å². The van der Waals surface area contributed by atoms with Gasteiger partial charge in [0.25, 0.3) is 0 Å². The molecule has 13 aromatic rings. The molecule has 0 heterocycles. The topological polar surface area (TPSA) is 258 Å². The fraction of sp³-hybridized carbons (Fsp3) is 0.0506. The van der Waals surface area contributed by atoms with E-state index in [1.165, 1.54) is 85.4 Å². The van der Waals surface area contributed by atoms with Crippen LogP contribution in [0.1, 0.15) is 36.1 Å². The largest absolute Gasteiger partial charge is 0.399 e. The van der Waals surface area contributed by atoms with Crippen molar-refractivity contribution in [3.8, 4) is 28.3 Å². The van der Waals surface area contributed by atoms with Gasteiger partial charge in [-0.3, -0.25) is 0 Å². The van der Waals surface area contributed by atoms with Crippen molar-refractivity contribution in [2.24, 2.45) is 0 Å². The Morgan fingerprint density at radius 1 is 0.315 bits per heavy atom. The van der Waals surface area contributed by atoms with Crippen LogP contribution in [0.25, 0.3) is 43.8 Å². The Hall–Kier alpha value is -12.1. The van der Waals surface area contributed by atoms with E-state index in [1.807, 2.05) is 177 Å². The Bertz CT molecular complexity index is 4290. The average Bonchev–Trinajstić information content (AvgIpc) is 1.60. The summed E-state index contributed by atoms with van der Waals surface area (Å²) in [6.45, 7) is 6.56. The first-order valence-corrected chi connectivity index (χ1v) is 29.2. The van der Waals surface area contributed by atoms with E-state index in [1.54, 1.807) is 24.3 Å². The van der Waals surface area contributed by atoms with Crippen LogP contribution in [-0.4, -0.2) is 0 Å². The van der Waals surface area contributed by atoms with Gasteiger partial charge in [0, 0.05) is 62.4 Å². The standard InChI is InChI=1S/C15H15N.C12H11N.2C10H9N.C7H6N2.C7H9N.C6H5F2N.C6H6FN.C6H7N/c1-15(2)13-6-4-3-5-11(13)12-8-7-10(16)9-14(12)15;13-12-8-6-11(7-9-12)10-4-2-1-3-5-10;11-10-7-3-5-8-4-1-2-6-9(8)10;11-10-6-5-8-3-1-2-4-9(8)7-10;8-5-6-1-3-7(9)4-2-6;1-6-2-4-7(8)5-3-6;7-4-1-2-6(9)5(8)3-4;7-5-1-3-6(8)4-2-5;7-6-4-2-1-3-5-6/h3-9H,16H2,1-2H3;1-9H,13H2;2*1-7H,11H2;1-4H,9H2;2-5H,8H2,1H3;1-3H,9H2;1-4H,8H2;1-5H,7H2. The molecule has 13 aromatic carbocycles. The predicted molar refractivity (Wildman–Crippen MR) is 385 cm³/mol. The highest BCUT2D eigenvalue weighted by Gasteiger charge is 2.34. The number of benzene rings is 13. The smallest absolute Gasteiger partial charge is 0.148 e. The van der Waals surface area contributed by atoms with Crippen LogP contribution in [0.3, 0.4) is 0 Å². The fourth-order valence-corrected chi connectivity index (χ4v) is 9.03. The number of nitrogen functional groups attached to an aromatic ring is 9. The van der Waals surface area contributed by atoms with Crippen molar-refractivity contribution in [3.05, 3.63) is 343 Å². The Balaban J connectivity index is 0.000000166. The highest BCUT2D eigenvalue weighted by atomic mass is 19.1. The minimum atomic E-state index is -0.713. The molecular weight excluding hydrogens is 1150 g/mol. The quantitative estimate of drug-likeness (QED) is 0.0702. The molecule has 0 radical (unpaired) electrons. The Morgan fingerprint density at radius 2 is 0.750 bits per heavy atom. The van der Waals surface area contributed by atoms with E-state index < -0.39 is 11.6 Å². The second-order valence-electron chi connectivity index (χ2n) is 21.4. The first-order chi connectivity index (χ1) is 44.2. The number of aryl methyl sites for hydroxylation is 1. The van der Waals surface area contributed by atoms with Gasteiger partial charge < -0.3 is 51.6 Å². The van der Waals surface area contributed by atoms with Gasteiger partial charge in [-0.15, -0.1) is 0 Å². The third-order valence-corrected chi connectivity index (χ3v) is 14.0. The number of hydrogen-bond acceptors (Lipinski definition) is 10. The Morgan fingerprint density at radius 3 is 1.29 bits per heavy atom. The minimum absolute atomic E-state index is 0.0311. The van der Waals surface area contributed by atoms with Crippen molar-refractivity contribution in [1.82, 2.24) is 0 Å². The van der Waals surface area contributed by atoms with Crippen LogP contribution in [0.15, 0.2) is 303 Å². The van der Waals surface area contributed by atoms with Gasteiger partial charge in [-0.25, -0.2) is 13.2 Å². The van der Waals surface area contributed by atoms with Crippen molar-refractivity contribution < 1.29 is 13.2 Å². The Kier molecular flexibility index (Phi) is 26.2. The molecule has 10 nitrogen and oxygen atoms in total. The number of nitriles is 1. The molecule has 0 bridgehead atoms. The molecule has 1 aliphatic carbocycles. The fourth-order valence-electron chi connectivity index (χ4n) is 9.03. The minimum Gasteiger partial charge on any atom is -0.399 e. The van der Waals surface area contributed by atoms with E-state index >= 15 is 0 Å². The first kappa shape index (κ1) is 69.0. The molecule has 0 unspecified atom stereocenters. The van der Waals surface area contributed by atoms with Crippen LogP contribution < -0.4 is 51.6 Å². The second-order valence-corrected chi connectivity index (χ2v) is 21.4. The molecule has 18 N–H and O–H groups in total. The van der Waals surface area contributed by atoms with E-state index in [2.05, 4.69) is 86.6 Å². The summed E-state index contributed by atoms with van der Waals surface area (Å²) in [6, 6.07) is 96.0. The van der Waals surface area contributed by atoms with Crippen molar-refractivity contribution in [3.63, 3.8) is 0 Å². The number of nitrogens with two attached hydrogens (primary N) is 9. The number of hydrogen-bond donors (Lipinski definition) is 9. The van der Waals surface area contributed by atoms with Gasteiger partial charge in [-0.05, 0) is 184 Å². The molecular formula is C79H77F3N10. The van der Waals surface area contributed by atoms with E-state index in [0.29, 0.717) is 16.9 Å². The zero-order valence-corrected chi connectivity index (χ0v) is 51.6. The molecule has 464 valence electrons. The summed E-state index contributed by atoms with van der Waals surface area (Å²) in [6.07, 6.45) is 0. The maximum Gasteiger partial charge on any atom is 0.148 e. The summed E-state index contributed by atoms with van der Waals surface area (Å²) < 4.78 is 36.3. The molecule has 0 atom stereocenters. The van der Waals surface area contributed by atoms with Crippen LogP contribution >= 0.6 is 0 Å². The molecule has 0 saturated heterocycles. The van der Waals surface area contributed by atoms with Gasteiger partial charge in [0.05, 0.1) is 17.3 Å². The van der Waals surface area contributed by atoms with Crippen LogP contribution in [0.2, 0.25) is 0 Å². The lowest BCUT2D eigenvalue weighted by Crippen LogP contribution is -2.15. The lowest BCUT2D eigenvalue weighted by atomic mass is 9.82. The first-order valence-electron chi connectivity index (χ1n) is 29.2. The number of fused-ring (bicyclic) bond motifs is 5. The summed E-state index contributed by atoms with van der Waals surface area (Å²) in [7, 11) is 0. The molecule has 92 heavy (non-hydrogen) atoms. The molecule has 13 heteroatoms. The summed E-state index contributed by atoms with van der Waals surface area (Å²) in [5.41, 5.74) is 65.4. The van der Waals surface area contributed by atoms with Crippen LogP contribution in [0, 0.1) is 35.7 Å². The van der Waals surface area contributed by atoms with Gasteiger partial charge in [0.1, 0.15) is 17.5 Å². The van der Waals surface area contributed by atoms with E-state index in [9.17, 15) is 13.2 Å². The predicted octanol–water partition coefficient (Wildman–Crippen LogP) is 18.3. The average molecular weight is 1220 g/mol. The van der Waals surface area contributed by atoms with E-state index in [4.69, 9.17) is 56.9 Å². The van der Waals surface area contributed by atoms with E-state index in [0.717, 1.165) is 51.6 Å². The maximum absolute atomic E-state index is 12.2.